The molecule has 0 fully saturated rings. The molecule has 7 nitrogen and oxygen atoms in total. The van der Waals surface area contributed by atoms with Gasteiger partial charge in [-0.15, -0.1) is 0 Å². The van der Waals surface area contributed by atoms with E-state index in [9.17, 15) is 19.2 Å². The summed E-state index contributed by atoms with van der Waals surface area (Å²) in [5, 5.41) is 0. The van der Waals surface area contributed by atoms with E-state index in [-0.39, 0.29) is 13.2 Å². The summed E-state index contributed by atoms with van der Waals surface area (Å²) in [6, 6.07) is 12.9. The Bertz CT molecular complexity index is 1190. The molecule has 0 heterocycles. The number of carbonyl (C=O) groups excluding carboxylic acids is 4. The summed E-state index contributed by atoms with van der Waals surface area (Å²) in [5.41, 5.74) is 1.52. The van der Waals surface area contributed by atoms with E-state index < -0.39 is 23.8 Å². The van der Waals surface area contributed by atoms with E-state index >= 15 is 0 Å². The summed E-state index contributed by atoms with van der Waals surface area (Å²) < 4.78 is 16.5. The first-order chi connectivity index (χ1) is 24.5. The highest BCUT2D eigenvalue weighted by molar-refractivity contribution is 5.97. The number of unbranched alkanes of at least 4 members (excludes halogenated alkanes) is 18. The lowest BCUT2D eigenvalue weighted by molar-refractivity contribution is -0.159. The topological polar surface area (TPSA) is 96.0 Å². The highest BCUT2D eigenvalue weighted by Gasteiger charge is 2.27. The first kappa shape index (κ1) is 42.4. The number of rotatable bonds is 29. The molecular weight excluding hydrogens is 628 g/mol. The van der Waals surface area contributed by atoms with Gasteiger partial charge in [0.2, 0.25) is 0 Å². The molecule has 2 rings (SSSR count). The summed E-state index contributed by atoms with van der Waals surface area (Å²) in [5.74, 6) is -2.56. The second kappa shape index (κ2) is 28.0. The fourth-order valence-electron chi connectivity index (χ4n) is 5.68. The summed E-state index contributed by atoms with van der Waals surface area (Å²) in [6.07, 6.45) is 27.6. The minimum atomic E-state index is -1.16. The van der Waals surface area contributed by atoms with Crippen molar-refractivity contribution in [3.05, 3.63) is 71.3 Å². The number of hydrogen-bond acceptors (Lipinski definition) is 7. The van der Waals surface area contributed by atoms with Crippen molar-refractivity contribution in [2.45, 2.75) is 142 Å². The lowest BCUT2D eigenvalue weighted by atomic mass is 10.1. The highest BCUT2D eigenvalue weighted by atomic mass is 16.6. The van der Waals surface area contributed by atoms with Crippen LogP contribution in [0.5, 0.6) is 5.75 Å². The summed E-state index contributed by atoms with van der Waals surface area (Å²) in [6.45, 7) is 5.03. The maximum atomic E-state index is 13.1. The Morgan fingerprint density at radius 3 is 1.36 bits per heavy atom. The van der Waals surface area contributed by atoms with Gasteiger partial charge >= 0.3 is 17.9 Å². The SMILES string of the molecule is CCCCCCCCCCCCOC(=O)C(/C=C/c1ccc(OC(=O)c2ccc(C=O)cc2)cc1)C(=O)OCCCCCCCCCCCC. The van der Waals surface area contributed by atoms with E-state index in [2.05, 4.69) is 13.8 Å². The Morgan fingerprint density at radius 1 is 0.540 bits per heavy atom. The summed E-state index contributed by atoms with van der Waals surface area (Å²) >= 11 is 0. The Kier molecular flexibility index (Phi) is 23.8. The van der Waals surface area contributed by atoms with Crippen LogP contribution in [0.15, 0.2) is 54.6 Å². The molecule has 0 unspecified atom stereocenters. The van der Waals surface area contributed by atoms with Crippen LogP contribution in [-0.2, 0) is 19.1 Å². The van der Waals surface area contributed by atoms with Crippen LogP contribution in [0.25, 0.3) is 6.08 Å². The van der Waals surface area contributed by atoms with Crippen molar-refractivity contribution in [2.24, 2.45) is 5.92 Å². The van der Waals surface area contributed by atoms with Gasteiger partial charge in [-0.2, -0.15) is 0 Å². The van der Waals surface area contributed by atoms with Crippen LogP contribution in [0.4, 0.5) is 0 Å². The maximum absolute atomic E-state index is 13.1. The zero-order valence-corrected chi connectivity index (χ0v) is 30.8. The standard InChI is InChI=1S/C43H62O7/c1-3-5-7-9-11-13-15-17-19-21-33-48-42(46)40(43(47)49-34-22-20-18-16-14-12-10-8-6-4-2)32-27-36-25-30-39(31-26-36)50-41(45)38-28-23-37(35-44)24-29-38/h23-32,35,40H,3-22,33-34H2,1-2H3/b32-27+. The van der Waals surface area contributed by atoms with Gasteiger partial charge in [-0.25, -0.2) is 4.79 Å². The molecule has 0 radical (unpaired) electrons. The smallest absolute Gasteiger partial charge is 0.343 e. The second-order valence-electron chi connectivity index (χ2n) is 13.2. The average Bonchev–Trinajstić information content (AvgIpc) is 3.13. The number of carbonyl (C=O) groups is 4. The third kappa shape index (κ3) is 19.4. The van der Waals surface area contributed by atoms with E-state index in [1.54, 1.807) is 42.5 Å². The quantitative estimate of drug-likeness (QED) is 0.0275. The van der Waals surface area contributed by atoms with Gasteiger partial charge in [-0.3, -0.25) is 14.4 Å². The molecule has 2 aromatic rings. The fraction of sp³-hybridized carbons (Fsp3) is 0.581. The lowest BCUT2D eigenvalue weighted by Gasteiger charge is -2.13. The molecule has 2 aromatic carbocycles. The van der Waals surface area contributed by atoms with Gasteiger partial charge < -0.3 is 14.2 Å². The summed E-state index contributed by atoms with van der Waals surface area (Å²) in [7, 11) is 0. The van der Waals surface area contributed by atoms with Crippen LogP contribution in [0.2, 0.25) is 0 Å². The van der Waals surface area contributed by atoms with Crippen molar-refractivity contribution in [1.29, 1.82) is 0 Å². The number of esters is 3. The molecule has 0 aliphatic carbocycles. The molecule has 0 saturated carbocycles. The van der Waals surface area contributed by atoms with Crippen LogP contribution in [-0.4, -0.2) is 37.4 Å². The van der Waals surface area contributed by atoms with Gasteiger partial charge in [0, 0.05) is 5.56 Å². The molecule has 276 valence electrons. The fourth-order valence-corrected chi connectivity index (χ4v) is 5.68. The number of benzene rings is 2. The highest BCUT2D eigenvalue weighted by Crippen LogP contribution is 2.18. The zero-order valence-electron chi connectivity index (χ0n) is 30.8. The number of ether oxygens (including phenoxy) is 3. The Labute approximate surface area is 301 Å². The third-order valence-corrected chi connectivity index (χ3v) is 8.85. The molecule has 0 aliphatic heterocycles. The largest absolute Gasteiger partial charge is 0.465 e. The molecule has 50 heavy (non-hydrogen) atoms. The normalized spacial score (nSPS) is 11.2. The molecule has 0 bridgehead atoms. The molecular formula is C43H62O7. The average molecular weight is 691 g/mol. The van der Waals surface area contributed by atoms with Gasteiger partial charge in [-0.1, -0.05) is 166 Å². The van der Waals surface area contributed by atoms with Crippen LogP contribution in [0.3, 0.4) is 0 Å². The molecule has 0 aliphatic rings. The monoisotopic (exact) mass is 690 g/mol. The maximum Gasteiger partial charge on any atom is 0.343 e. The minimum Gasteiger partial charge on any atom is -0.465 e. The molecule has 0 saturated heterocycles. The number of hydrogen-bond donors (Lipinski definition) is 0. The van der Waals surface area contributed by atoms with Crippen molar-refractivity contribution in [3.63, 3.8) is 0 Å². The van der Waals surface area contributed by atoms with Gasteiger partial charge in [0.1, 0.15) is 12.0 Å². The van der Waals surface area contributed by atoms with E-state index in [1.165, 1.54) is 108 Å². The van der Waals surface area contributed by atoms with Gasteiger partial charge in [-0.05, 0) is 42.7 Å². The Balaban J connectivity index is 1.85. The predicted octanol–water partition coefficient (Wildman–Crippen LogP) is 11.3. The molecule has 0 amide bonds. The minimum absolute atomic E-state index is 0.281. The second-order valence-corrected chi connectivity index (χ2v) is 13.2. The van der Waals surface area contributed by atoms with E-state index in [1.807, 2.05) is 0 Å². The first-order valence-electron chi connectivity index (χ1n) is 19.4. The first-order valence-corrected chi connectivity index (χ1v) is 19.4. The van der Waals surface area contributed by atoms with Crippen molar-refractivity contribution in [3.8, 4) is 5.75 Å². The van der Waals surface area contributed by atoms with E-state index in [0.717, 1.165) is 44.1 Å². The zero-order chi connectivity index (χ0) is 36.1. The van der Waals surface area contributed by atoms with E-state index in [0.29, 0.717) is 23.2 Å². The van der Waals surface area contributed by atoms with Crippen molar-refractivity contribution < 1.29 is 33.4 Å². The van der Waals surface area contributed by atoms with Crippen LogP contribution in [0, 0.1) is 5.92 Å². The summed E-state index contributed by atoms with van der Waals surface area (Å²) in [4.78, 5) is 49.5. The lowest BCUT2D eigenvalue weighted by Crippen LogP contribution is -2.27. The van der Waals surface area contributed by atoms with Crippen LogP contribution < -0.4 is 4.74 Å². The Morgan fingerprint density at radius 2 is 0.940 bits per heavy atom. The van der Waals surface area contributed by atoms with Gasteiger partial charge in [0.05, 0.1) is 18.8 Å². The molecule has 7 heteroatoms. The predicted molar refractivity (Wildman–Crippen MR) is 201 cm³/mol. The molecule has 0 spiro atoms. The molecule has 0 N–H and O–H groups in total. The van der Waals surface area contributed by atoms with Gasteiger partial charge in [0.15, 0.2) is 5.92 Å². The van der Waals surface area contributed by atoms with Gasteiger partial charge in [0.25, 0.3) is 0 Å². The van der Waals surface area contributed by atoms with Crippen molar-refractivity contribution in [1.82, 2.24) is 0 Å². The molecule has 0 aromatic heterocycles. The Hall–Kier alpha value is -3.74. The number of aldehydes is 1. The van der Waals surface area contributed by atoms with Crippen molar-refractivity contribution in [2.75, 3.05) is 13.2 Å². The van der Waals surface area contributed by atoms with Crippen molar-refractivity contribution >= 4 is 30.3 Å². The van der Waals surface area contributed by atoms with E-state index in [4.69, 9.17) is 14.2 Å². The van der Waals surface area contributed by atoms with Crippen LogP contribution in [0.1, 0.15) is 169 Å². The third-order valence-electron chi connectivity index (χ3n) is 8.85. The molecule has 0 atom stereocenters. The van der Waals surface area contributed by atoms with Crippen LogP contribution >= 0.6 is 0 Å².